The first-order valence-corrected chi connectivity index (χ1v) is 4.33. The minimum absolute atomic E-state index is 0.0828. The maximum Gasteiger partial charge on any atom is 0.159 e. The summed E-state index contributed by atoms with van der Waals surface area (Å²) in [5, 5.41) is 0. The number of hydrogen-bond acceptors (Lipinski definition) is 3. The molecule has 1 aromatic rings. The second-order valence-corrected chi connectivity index (χ2v) is 2.99. The van der Waals surface area contributed by atoms with E-state index in [9.17, 15) is 8.28 Å². The molecule has 1 aromatic heterocycles. The molecule has 0 aliphatic carbocycles. The van der Waals surface area contributed by atoms with Crippen LogP contribution in [0.5, 0.6) is 0 Å². The van der Waals surface area contributed by atoms with Crippen LogP contribution in [0.2, 0.25) is 0 Å². The van der Waals surface area contributed by atoms with Crippen LogP contribution in [0.15, 0.2) is 12.4 Å². The van der Waals surface area contributed by atoms with Crippen molar-refractivity contribution < 1.29 is 8.28 Å². The minimum atomic E-state index is -0.473. The van der Waals surface area contributed by atoms with Gasteiger partial charge in [-0.15, -0.1) is 0 Å². The van der Waals surface area contributed by atoms with E-state index >= 15 is 0 Å². The van der Waals surface area contributed by atoms with Crippen LogP contribution in [0.1, 0.15) is 18.7 Å². The first-order chi connectivity index (χ1) is 5.74. The molecule has 0 unspecified atom stereocenters. The van der Waals surface area contributed by atoms with Crippen LogP contribution in [-0.4, -0.2) is 15.7 Å². The molecule has 0 aliphatic rings. The molecule has 0 N–H and O–H groups in total. The molecule has 0 fully saturated rings. The van der Waals surface area contributed by atoms with E-state index in [0.717, 1.165) is 12.4 Å². The molecule has 0 saturated carbocycles. The lowest BCUT2D eigenvalue weighted by Gasteiger charge is -2.04. The van der Waals surface area contributed by atoms with Gasteiger partial charge in [-0.2, -0.15) is 3.89 Å². The molecule has 0 bridgehead atoms. The average molecular weight is 190 g/mol. The molecule has 5 heteroatoms. The van der Waals surface area contributed by atoms with E-state index in [0.29, 0.717) is 11.6 Å². The maximum absolute atomic E-state index is 12.3. The standard InChI is InChI=1S/C7H8F2N2S/c1-5(4-12-9)7-10-2-6(8)3-11-7/h2-3,5H,4H2,1H3/t5-/m0/s1. The highest BCUT2D eigenvalue weighted by atomic mass is 32.2. The second kappa shape index (κ2) is 4.35. The fourth-order valence-electron chi connectivity index (χ4n) is 0.746. The Hall–Kier alpha value is -0.710. The number of aromatic nitrogens is 2. The molecule has 0 amide bonds. The van der Waals surface area contributed by atoms with Gasteiger partial charge in [-0.05, 0) is 0 Å². The molecule has 1 rings (SSSR count). The highest BCUT2D eigenvalue weighted by Gasteiger charge is 2.08. The van der Waals surface area contributed by atoms with Crippen LogP contribution in [0.3, 0.4) is 0 Å². The largest absolute Gasteiger partial charge is 0.238 e. The van der Waals surface area contributed by atoms with E-state index < -0.39 is 5.82 Å². The predicted molar refractivity (Wildman–Crippen MR) is 44.0 cm³/mol. The van der Waals surface area contributed by atoms with Crippen LogP contribution >= 0.6 is 12.1 Å². The van der Waals surface area contributed by atoms with Gasteiger partial charge < -0.3 is 0 Å². The van der Waals surface area contributed by atoms with Crippen molar-refractivity contribution in [1.29, 1.82) is 0 Å². The number of rotatable bonds is 3. The van der Waals surface area contributed by atoms with Crippen LogP contribution in [0.4, 0.5) is 8.28 Å². The van der Waals surface area contributed by atoms with Gasteiger partial charge in [0.15, 0.2) is 5.82 Å². The summed E-state index contributed by atoms with van der Waals surface area (Å²) in [5.74, 6) is 0.215. The SMILES string of the molecule is C[C@@H](CSF)c1ncc(F)cn1. The number of hydrogen-bond donors (Lipinski definition) is 0. The normalized spacial score (nSPS) is 12.9. The van der Waals surface area contributed by atoms with E-state index in [1.54, 1.807) is 6.92 Å². The fourth-order valence-corrected chi connectivity index (χ4v) is 1.08. The summed E-state index contributed by atoms with van der Waals surface area (Å²) in [6.07, 6.45) is 2.17. The van der Waals surface area contributed by atoms with Crippen LogP contribution in [0.25, 0.3) is 0 Å². The Kier molecular flexibility index (Phi) is 3.40. The molecule has 0 aliphatic heterocycles. The Labute approximate surface area is 73.7 Å². The van der Waals surface area contributed by atoms with Gasteiger partial charge in [0, 0.05) is 23.8 Å². The first kappa shape index (κ1) is 9.38. The predicted octanol–water partition coefficient (Wildman–Crippen LogP) is 2.34. The molecular weight excluding hydrogens is 182 g/mol. The zero-order chi connectivity index (χ0) is 8.97. The zero-order valence-corrected chi connectivity index (χ0v) is 7.31. The topological polar surface area (TPSA) is 25.8 Å². The van der Waals surface area contributed by atoms with Crippen molar-refractivity contribution in [3.05, 3.63) is 24.0 Å². The molecule has 0 radical (unpaired) electrons. The maximum atomic E-state index is 12.3. The van der Waals surface area contributed by atoms with Crippen molar-refractivity contribution in [3.63, 3.8) is 0 Å². The highest BCUT2D eigenvalue weighted by Crippen LogP contribution is 2.16. The summed E-state index contributed by atoms with van der Waals surface area (Å²) in [7, 11) is 0. The third kappa shape index (κ3) is 2.41. The van der Waals surface area contributed by atoms with Crippen LogP contribution in [-0.2, 0) is 0 Å². The Morgan fingerprint density at radius 2 is 2.08 bits per heavy atom. The summed E-state index contributed by atoms with van der Waals surface area (Å²) >= 11 is 0.235. The van der Waals surface area contributed by atoms with Gasteiger partial charge in [-0.1, -0.05) is 6.92 Å². The number of nitrogens with zero attached hydrogens (tertiary/aromatic N) is 2. The molecule has 0 spiro atoms. The van der Waals surface area contributed by atoms with E-state index in [4.69, 9.17) is 0 Å². The summed E-state index contributed by atoms with van der Waals surface area (Å²) in [4.78, 5) is 7.46. The molecule has 1 heterocycles. The third-order valence-electron chi connectivity index (χ3n) is 1.39. The Morgan fingerprint density at radius 3 is 2.58 bits per heavy atom. The van der Waals surface area contributed by atoms with Crippen LogP contribution in [0, 0.1) is 5.82 Å². The lowest BCUT2D eigenvalue weighted by Crippen LogP contribution is -2.02. The van der Waals surface area contributed by atoms with Gasteiger partial charge in [0.05, 0.1) is 12.4 Å². The van der Waals surface area contributed by atoms with E-state index in [-0.39, 0.29) is 18.1 Å². The van der Waals surface area contributed by atoms with Gasteiger partial charge in [0.1, 0.15) is 5.82 Å². The van der Waals surface area contributed by atoms with Gasteiger partial charge in [-0.25, -0.2) is 14.4 Å². The van der Waals surface area contributed by atoms with Crippen molar-refractivity contribution in [2.75, 3.05) is 5.75 Å². The van der Waals surface area contributed by atoms with Crippen molar-refractivity contribution >= 4 is 12.1 Å². The van der Waals surface area contributed by atoms with Crippen molar-refractivity contribution in [1.82, 2.24) is 9.97 Å². The quantitative estimate of drug-likeness (QED) is 0.731. The third-order valence-corrected chi connectivity index (χ3v) is 2.02. The summed E-state index contributed by atoms with van der Waals surface area (Å²) in [6.45, 7) is 1.79. The summed E-state index contributed by atoms with van der Waals surface area (Å²) in [5.41, 5.74) is 0. The van der Waals surface area contributed by atoms with Crippen molar-refractivity contribution in [3.8, 4) is 0 Å². The molecule has 66 valence electrons. The Bertz CT molecular complexity index is 240. The summed E-state index contributed by atoms with van der Waals surface area (Å²) < 4.78 is 24.1. The Morgan fingerprint density at radius 1 is 1.50 bits per heavy atom. The first-order valence-electron chi connectivity index (χ1n) is 3.45. The molecule has 2 nitrogen and oxygen atoms in total. The fraction of sp³-hybridized carbons (Fsp3) is 0.429. The summed E-state index contributed by atoms with van der Waals surface area (Å²) in [6, 6.07) is 0. The lowest BCUT2D eigenvalue weighted by atomic mass is 10.2. The van der Waals surface area contributed by atoms with Crippen molar-refractivity contribution in [2.24, 2.45) is 0 Å². The monoisotopic (exact) mass is 190 g/mol. The molecule has 0 saturated heterocycles. The highest BCUT2D eigenvalue weighted by molar-refractivity contribution is 7.94. The molecule has 12 heavy (non-hydrogen) atoms. The van der Waals surface area contributed by atoms with E-state index in [1.807, 2.05) is 0 Å². The van der Waals surface area contributed by atoms with Gasteiger partial charge in [0.2, 0.25) is 0 Å². The van der Waals surface area contributed by atoms with Gasteiger partial charge in [0.25, 0.3) is 0 Å². The van der Waals surface area contributed by atoms with E-state index in [1.165, 1.54) is 0 Å². The minimum Gasteiger partial charge on any atom is -0.238 e. The Balaban J connectivity index is 2.68. The van der Waals surface area contributed by atoms with Gasteiger partial charge in [-0.3, -0.25) is 0 Å². The lowest BCUT2D eigenvalue weighted by molar-refractivity contribution is 0.604. The molecular formula is C7H8F2N2S. The van der Waals surface area contributed by atoms with E-state index in [2.05, 4.69) is 9.97 Å². The van der Waals surface area contributed by atoms with Crippen LogP contribution < -0.4 is 0 Å². The second-order valence-electron chi connectivity index (χ2n) is 2.44. The number of halogens is 2. The van der Waals surface area contributed by atoms with Crippen molar-refractivity contribution in [2.45, 2.75) is 12.8 Å². The van der Waals surface area contributed by atoms with Gasteiger partial charge >= 0.3 is 0 Å². The molecule has 0 aromatic carbocycles. The smallest absolute Gasteiger partial charge is 0.159 e. The molecule has 1 atom stereocenters. The zero-order valence-electron chi connectivity index (χ0n) is 6.50. The average Bonchev–Trinajstić information content (AvgIpc) is 2.06.